The molecule has 1 atom stereocenters. The molecule has 0 bridgehead atoms. The normalized spacial score (nSPS) is 18.2. The van der Waals surface area contributed by atoms with Gasteiger partial charge < -0.3 is 5.73 Å². The van der Waals surface area contributed by atoms with Crippen LogP contribution in [0.1, 0.15) is 43.6 Å². The van der Waals surface area contributed by atoms with Gasteiger partial charge in [-0.3, -0.25) is 4.79 Å². The van der Waals surface area contributed by atoms with Crippen LogP contribution < -0.4 is 5.73 Å². The Morgan fingerprint density at radius 3 is 2.71 bits per heavy atom. The van der Waals surface area contributed by atoms with Crippen LogP contribution >= 0.6 is 11.6 Å². The molecule has 0 aliphatic heterocycles. The molecular weight excluding hydrogens is 234 g/mol. The Labute approximate surface area is 107 Å². The summed E-state index contributed by atoms with van der Waals surface area (Å²) in [5, 5.41) is 0.731. The van der Waals surface area contributed by atoms with E-state index in [1.54, 1.807) is 0 Å². The Balaban J connectivity index is 2.22. The third-order valence-corrected chi connectivity index (χ3v) is 3.90. The zero-order chi connectivity index (χ0) is 12.3. The molecule has 0 spiro atoms. The summed E-state index contributed by atoms with van der Waals surface area (Å²) in [5.41, 5.74) is 6.52. The Hall–Kier alpha value is -1.02. The van der Waals surface area contributed by atoms with Gasteiger partial charge in [0.1, 0.15) is 0 Å². The number of carbonyl (C=O) groups excluding carboxylic acids is 1. The lowest BCUT2D eigenvalue weighted by molar-refractivity contribution is -0.118. The summed E-state index contributed by atoms with van der Waals surface area (Å²) in [5.74, 6) is 0.608. The quantitative estimate of drug-likeness (QED) is 0.875. The molecular formula is C14H18ClNO. The van der Waals surface area contributed by atoms with Gasteiger partial charge in [-0.1, -0.05) is 36.6 Å². The lowest BCUT2D eigenvalue weighted by atomic mass is 9.82. The second-order valence-corrected chi connectivity index (χ2v) is 5.31. The number of carbonyl (C=O) groups is 1. The van der Waals surface area contributed by atoms with Crippen LogP contribution in [0.2, 0.25) is 5.02 Å². The van der Waals surface area contributed by atoms with Gasteiger partial charge in [0.25, 0.3) is 0 Å². The zero-order valence-electron chi connectivity index (χ0n) is 9.86. The monoisotopic (exact) mass is 251 g/mol. The minimum atomic E-state index is -0.220. The fourth-order valence-corrected chi connectivity index (χ4v) is 3.07. The molecule has 1 unspecified atom stereocenters. The molecule has 3 heteroatoms. The maximum Gasteiger partial charge on any atom is 0.218 e. The van der Waals surface area contributed by atoms with Gasteiger partial charge >= 0.3 is 0 Å². The SMILES string of the molecule is NC(=O)CC(c1cccc(Cl)c1)C1CCCC1. The van der Waals surface area contributed by atoms with Crippen molar-refractivity contribution in [2.45, 2.75) is 38.0 Å². The predicted octanol–water partition coefficient (Wildman–Crippen LogP) is 3.49. The van der Waals surface area contributed by atoms with Gasteiger partial charge in [-0.2, -0.15) is 0 Å². The lowest BCUT2D eigenvalue weighted by Crippen LogP contribution is -2.20. The Morgan fingerprint density at radius 1 is 1.41 bits per heavy atom. The summed E-state index contributed by atoms with van der Waals surface area (Å²) in [7, 11) is 0. The molecule has 0 aromatic heterocycles. The molecule has 1 saturated carbocycles. The van der Waals surface area contributed by atoms with Crippen LogP contribution in [0.4, 0.5) is 0 Å². The van der Waals surface area contributed by atoms with E-state index in [1.807, 2.05) is 18.2 Å². The molecule has 1 fully saturated rings. The van der Waals surface area contributed by atoms with E-state index in [4.69, 9.17) is 17.3 Å². The summed E-state index contributed by atoms with van der Waals surface area (Å²) in [6, 6.07) is 7.83. The van der Waals surface area contributed by atoms with Crippen LogP contribution in [0.15, 0.2) is 24.3 Å². The van der Waals surface area contributed by atoms with E-state index < -0.39 is 0 Å². The summed E-state index contributed by atoms with van der Waals surface area (Å²) in [4.78, 5) is 11.2. The highest BCUT2D eigenvalue weighted by molar-refractivity contribution is 6.30. The Bertz CT molecular complexity index is 399. The molecule has 0 radical (unpaired) electrons. The van der Waals surface area contributed by atoms with Crippen molar-refractivity contribution in [1.82, 2.24) is 0 Å². The third-order valence-electron chi connectivity index (χ3n) is 3.67. The molecule has 2 rings (SSSR count). The number of rotatable bonds is 4. The Kier molecular flexibility index (Phi) is 4.06. The van der Waals surface area contributed by atoms with E-state index >= 15 is 0 Å². The zero-order valence-corrected chi connectivity index (χ0v) is 10.6. The number of benzene rings is 1. The van der Waals surface area contributed by atoms with E-state index in [0.717, 1.165) is 10.6 Å². The number of halogens is 1. The standard InChI is InChI=1S/C14H18ClNO/c15-12-7-3-6-11(8-12)13(9-14(16)17)10-4-1-2-5-10/h3,6-8,10,13H,1-2,4-5,9H2,(H2,16,17). The van der Waals surface area contributed by atoms with Crippen LogP contribution in [0, 0.1) is 5.92 Å². The average molecular weight is 252 g/mol. The lowest BCUT2D eigenvalue weighted by Gasteiger charge is -2.22. The van der Waals surface area contributed by atoms with E-state index in [9.17, 15) is 4.79 Å². The number of hydrogen-bond acceptors (Lipinski definition) is 1. The maximum absolute atomic E-state index is 11.2. The molecule has 2 N–H and O–H groups in total. The van der Waals surface area contributed by atoms with Crippen molar-refractivity contribution in [1.29, 1.82) is 0 Å². The van der Waals surface area contributed by atoms with Gasteiger partial charge in [0.2, 0.25) is 5.91 Å². The summed E-state index contributed by atoms with van der Waals surface area (Å²) < 4.78 is 0. The molecule has 0 heterocycles. The van der Waals surface area contributed by atoms with Crippen molar-refractivity contribution in [2.24, 2.45) is 11.7 Å². The van der Waals surface area contributed by atoms with Crippen molar-refractivity contribution in [3.8, 4) is 0 Å². The van der Waals surface area contributed by atoms with Gasteiger partial charge in [-0.25, -0.2) is 0 Å². The largest absolute Gasteiger partial charge is 0.370 e. The van der Waals surface area contributed by atoms with Gasteiger partial charge in [-0.15, -0.1) is 0 Å². The minimum absolute atomic E-state index is 0.220. The Morgan fingerprint density at radius 2 is 2.12 bits per heavy atom. The van der Waals surface area contributed by atoms with E-state index in [0.29, 0.717) is 12.3 Å². The highest BCUT2D eigenvalue weighted by Gasteiger charge is 2.27. The van der Waals surface area contributed by atoms with Crippen LogP contribution in [-0.4, -0.2) is 5.91 Å². The molecule has 17 heavy (non-hydrogen) atoms. The van der Waals surface area contributed by atoms with Crippen molar-refractivity contribution in [3.05, 3.63) is 34.9 Å². The van der Waals surface area contributed by atoms with Crippen LogP contribution in [-0.2, 0) is 4.79 Å². The average Bonchev–Trinajstić information content (AvgIpc) is 2.79. The molecule has 1 aromatic carbocycles. The fraction of sp³-hybridized carbons (Fsp3) is 0.500. The van der Waals surface area contributed by atoms with Crippen molar-refractivity contribution in [3.63, 3.8) is 0 Å². The number of hydrogen-bond donors (Lipinski definition) is 1. The van der Waals surface area contributed by atoms with Crippen LogP contribution in [0.3, 0.4) is 0 Å². The molecule has 92 valence electrons. The molecule has 0 saturated heterocycles. The second-order valence-electron chi connectivity index (χ2n) is 4.88. The topological polar surface area (TPSA) is 43.1 Å². The van der Waals surface area contributed by atoms with E-state index in [1.165, 1.54) is 25.7 Å². The highest BCUT2D eigenvalue weighted by atomic mass is 35.5. The molecule has 1 aromatic rings. The maximum atomic E-state index is 11.2. The van der Waals surface area contributed by atoms with Gasteiger partial charge in [0.15, 0.2) is 0 Å². The molecule has 1 amide bonds. The molecule has 1 aliphatic rings. The summed E-state index contributed by atoms with van der Waals surface area (Å²) >= 11 is 6.02. The van der Waals surface area contributed by atoms with Crippen molar-refractivity contribution >= 4 is 17.5 Å². The first kappa shape index (κ1) is 12.4. The van der Waals surface area contributed by atoms with Crippen LogP contribution in [0.5, 0.6) is 0 Å². The smallest absolute Gasteiger partial charge is 0.218 e. The van der Waals surface area contributed by atoms with E-state index in [-0.39, 0.29) is 11.8 Å². The van der Waals surface area contributed by atoms with Gasteiger partial charge in [0.05, 0.1) is 0 Å². The molecule has 1 aliphatic carbocycles. The first-order valence-electron chi connectivity index (χ1n) is 6.20. The second kappa shape index (κ2) is 5.54. The first-order valence-corrected chi connectivity index (χ1v) is 6.58. The highest BCUT2D eigenvalue weighted by Crippen LogP contribution is 2.39. The first-order chi connectivity index (χ1) is 8.16. The van der Waals surface area contributed by atoms with Gasteiger partial charge in [0, 0.05) is 11.4 Å². The third kappa shape index (κ3) is 3.22. The van der Waals surface area contributed by atoms with E-state index in [2.05, 4.69) is 6.07 Å². The fourth-order valence-electron chi connectivity index (χ4n) is 2.87. The molecule has 2 nitrogen and oxygen atoms in total. The van der Waals surface area contributed by atoms with Crippen LogP contribution in [0.25, 0.3) is 0 Å². The van der Waals surface area contributed by atoms with Crippen molar-refractivity contribution < 1.29 is 4.79 Å². The number of primary amides is 1. The van der Waals surface area contributed by atoms with Gasteiger partial charge in [-0.05, 0) is 42.4 Å². The number of amides is 1. The predicted molar refractivity (Wildman–Crippen MR) is 70.0 cm³/mol. The summed E-state index contributed by atoms with van der Waals surface area (Å²) in [6.07, 6.45) is 5.36. The van der Waals surface area contributed by atoms with Crippen molar-refractivity contribution in [2.75, 3.05) is 0 Å². The summed E-state index contributed by atoms with van der Waals surface area (Å²) in [6.45, 7) is 0. The number of nitrogens with two attached hydrogens (primary N) is 1. The minimum Gasteiger partial charge on any atom is -0.370 e.